The second-order valence-corrected chi connectivity index (χ2v) is 7.04. The van der Waals surface area contributed by atoms with E-state index in [1.807, 2.05) is 6.08 Å². The third-order valence-corrected chi connectivity index (χ3v) is 5.14. The number of carbonyl (C=O) groups is 1. The fraction of sp³-hybridized carbons (Fsp3) is 0.348. The van der Waals surface area contributed by atoms with Crippen LogP contribution in [0.1, 0.15) is 45.8 Å². The average Bonchev–Trinajstić information content (AvgIpc) is 3.04. The molecule has 26 heavy (non-hydrogen) atoms. The van der Waals surface area contributed by atoms with Gasteiger partial charge in [0.15, 0.2) is 0 Å². The molecule has 3 rings (SSSR count). The van der Waals surface area contributed by atoms with Crippen LogP contribution in [0.15, 0.2) is 42.5 Å². The molecule has 0 radical (unpaired) electrons. The maximum atomic E-state index is 11.2. The molecule has 3 heteroatoms. The number of methoxy groups -OCH3 is 1. The summed E-state index contributed by atoms with van der Waals surface area (Å²) in [7, 11) is 1.39. The Kier molecular flexibility index (Phi) is 5.89. The average molecular weight is 349 g/mol. The first-order valence-electron chi connectivity index (χ1n) is 9.25. The maximum absolute atomic E-state index is 11.2. The van der Waals surface area contributed by atoms with Crippen LogP contribution in [0.4, 0.5) is 0 Å². The first-order chi connectivity index (χ1) is 12.6. The molecule has 1 aliphatic carbocycles. The van der Waals surface area contributed by atoms with E-state index in [0.717, 1.165) is 31.4 Å². The van der Waals surface area contributed by atoms with Gasteiger partial charge in [0, 0.05) is 12.1 Å². The van der Waals surface area contributed by atoms with Gasteiger partial charge in [-0.2, -0.15) is 0 Å². The van der Waals surface area contributed by atoms with Crippen LogP contribution in [-0.4, -0.2) is 19.6 Å². The Bertz CT molecular complexity index is 823. The van der Waals surface area contributed by atoms with Crippen molar-refractivity contribution < 1.29 is 9.53 Å². The number of esters is 1. The van der Waals surface area contributed by atoms with Crippen LogP contribution in [0.5, 0.6) is 0 Å². The molecular weight excluding hydrogens is 322 g/mol. The van der Waals surface area contributed by atoms with E-state index < -0.39 is 0 Å². The van der Waals surface area contributed by atoms with Gasteiger partial charge in [0.05, 0.1) is 7.11 Å². The van der Waals surface area contributed by atoms with Gasteiger partial charge in [-0.05, 0) is 73.5 Å². The van der Waals surface area contributed by atoms with E-state index in [2.05, 4.69) is 60.3 Å². The first-order valence-corrected chi connectivity index (χ1v) is 9.25. The van der Waals surface area contributed by atoms with E-state index in [4.69, 9.17) is 0 Å². The standard InChI is InChI=1S/C23H27NO2/c1-16-4-7-19(17(2)14-16)12-13-24-22-10-8-20-15-18(5-9-21(20)22)6-11-23(25)26-3/h4-7,9,11,14-15,22,24H,8,10,12-13H2,1-3H3/b11-6+. The van der Waals surface area contributed by atoms with Gasteiger partial charge in [0.25, 0.3) is 0 Å². The molecule has 1 atom stereocenters. The van der Waals surface area contributed by atoms with Crippen LogP contribution >= 0.6 is 0 Å². The van der Waals surface area contributed by atoms with Crippen molar-refractivity contribution in [1.29, 1.82) is 0 Å². The predicted molar refractivity (Wildman–Crippen MR) is 106 cm³/mol. The van der Waals surface area contributed by atoms with E-state index >= 15 is 0 Å². The number of carbonyl (C=O) groups excluding carboxylic acids is 1. The third-order valence-electron chi connectivity index (χ3n) is 5.14. The molecule has 2 aromatic carbocycles. The van der Waals surface area contributed by atoms with Gasteiger partial charge in [0.2, 0.25) is 0 Å². The summed E-state index contributed by atoms with van der Waals surface area (Å²) < 4.78 is 4.64. The lowest BCUT2D eigenvalue weighted by Gasteiger charge is -2.15. The molecule has 2 aromatic rings. The zero-order valence-corrected chi connectivity index (χ0v) is 15.8. The van der Waals surface area contributed by atoms with Crippen molar-refractivity contribution in [2.24, 2.45) is 0 Å². The van der Waals surface area contributed by atoms with E-state index in [9.17, 15) is 4.79 Å². The molecule has 0 spiro atoms. The smallest absolute Gasteiger partial charge is 0.330 e. The van der Waals surface area contributed by atoms with Crippen LogP contribution in [0, 0.1) is 13.8 Å². The summed E-state index contributed by atoms with van der Waals surface area (Å²) in [6.45, 7) is 5.31. The molecule has 3 nitrogen and oxygen atoms in total. The Morgan fingerprint density at radius 2 is 2.08 bits per heavy atom. The highest BCUT2D eigenvalue weighted by Gasteiger charge is 2.21. The Labute approximate surface area is 156 Å². The molecule has 1 N–H and O–H groups in total. The molecule has 0 saturated heterocycles. The van der Waals surface area contributed by atoms with Gasteiger partial charge < -0.3 is 10.1 Å². The SMILES string of the molecule is COC(=O)/C=C/c1ccc2c(c1)CCC2NCCc1ccc(C)cc1C. The summed E-state index contributed by atoms with van der Waals surface area (Å²) >= 11 is 0. The molecule has 136 valence electrons. The first kappa shape index (κ1) is 18.4. The van der Waals surface area contributed by atoms with Gasteiger partial charge in [-0.3, -0.25) is 0 Å². The number of rotatable bonds is 6. The highest BCUT2D eigenvalue weighted by atomic mass is 16.5. The van der Waals surface area contributed by atoms with Gasteiger partial charge in [-0.1, -0.05) is 42.0 Å². The van der Waals surface area contributed by atoms with Crippen LogP contribution < -0.4 is 5.32 Å². The molecule has 1 unspecified atom stereocenters. The molecule has 0 saturated carbocycles. The van der Waals surface area contributed by atoms with Crippen molar-refractivity contribution in [2.75, 3.05) is 13.7 Å². The summed E-state index contributed by atoms with van der Waals surface area (Å²) in [6, 6.07) is 13.6. The number of hydrogen-bond donors (Lipinski definition) is 1. The Hall–Kier alpha value is -2.39. The largest absolute Gasteiger partial charge is 0.466 e. The normalized spacial score (nSPS) is 16.0. The minimum atomic E-state index is -0.323. The number of hydrogen-bond acceptors (Lipinski definition) is 3. The molecule has 0 aromatic heterocycles. The minimum Gasteiger partial charge on any atom is -0.466 e. The van der Waals surface area contributed by atoms with Crippen LogP contribution in [0.25, 0.3) is 6.08 Å². The predicted octanol–water partition coefficient (Wildman–Crippen LogP) is 4.31. The van der Waals surface area contributed by atoms with Crippen LogP contribution in [0.2, 0.25) is 0 Å². The number of benzene rings is 2. The number of aryl methyl sites for hydroxylation is 3. The van der Waals surface area contributed by atoms with Crippen LogP contribution in [0.3, 0.4) is 0 Å². The highest BCUT2D eigenvalue weighted by Crippen LogP contribution is 2.32. The Morgan fingerprint density at radius 1 is 1.23 bits per heavy atom. The van der Waals surface area contributed by atoms with E-state index in [0.29, 0.717) is 6.04 Å². The summed E-state index contributed by atoms with van der Waals surface area (Å²) in [5, 5.41) is 3.71. The summed E-state index contributed by atoms with van der Waals surface area (Å²) in [5.74, 6) is -0.323. The lowest BCUT2D eigenvalue weighted by molar-refractivity contribution is -0.134. The van der Waals surface area contributed by atoms with Crippen molar-refractivity contribution in [2.45, 2.75) is 39.2 Å². The Morgan fingerprint density at radius 3 is 2.85 bits per heavy atom. The Balaban J connectivity index is 1.59. The third kappa shape index (κ3) is 4.41. The zero-order valence-electron chi connectivity index (χ0n) is 15.8. The molecule has 0 heterocycles. The summed E-state index contributed by atoms with van der Waals surface area (Å²) in [5.41, 5.74) is 7.93. The van der Waals surface area contributed by atoms with Crippen molar-refractivity contribution in [1.82, 2.24) is 5.32 Å². The van der Waals surface area contributed by atoms with Crippen molar-refractivity contribution >= 4 is 12.0 Å². The van der Waals surface area contributed by atoms with Crippen molar-refractivity contribution in [3.63, 3.8) is 0 Å². The quantitative estimate of drug-likeness (QED) is 0.624. The lowest BCUT2D eigenvalue weighted by atomic mass is 10.0. The summed E-state index contributed by atoms with van der Waals surface area (Å²) in [6.07, 6.45) is 6.55. The van der Waals surface area contributed by atoms with E-state index in [1.54, 1.807) is 0 Å². The maximum Gasteiger partial charge on any atom is 0.330 e. The minimum absolute atomic E-state index is 0.323. The molecule has 0 amide bonds. The number of ether oxygens (including phenoxy) is 1. The highest BCUT2D eigenvalue weighted by molar-refractivity contribution is 5.86. The van der Waals surface area contributed by atoms with Gasteiger partial charge in [0.1, 0.15) is 0 Å². The summed E-state index contributed by atoms with van der Waals surface area (Å²) in [4.78, 5) is 11.2. The van der Waals surface area contributed by atoms with Crippen molar-refractivity contribution in [3.05, 3.63) is 75.9 Å². The second-order valence-electron chi connectivity index (χ2n) is 7.04. The fourth-order valence-corrected chi connectivity index (χ4v) is 3.69. The molecule has 0 aliphatic heterocycles. The zero-order chi connectivity index (χ0) is 18.5. The molecular formula is C23H27NO2. The monoisotopic (exact) mass is 349 g/mol. The van der Waals surface area contributed by atoms with Crippen molar-refractivity contribution in [3.8, 4) is 0 Å². The number of fused-ring (bicyclic) bond motifs is 1. The molecule has 0 bridgehead atoms. The second kappa shape index (κ2) is 8.33. The molecule has 0 fully saturated rings. The van der Waals surface area contributed by atoms with Gasteiger partial charge in [-0.25, -0.2) is 4.79 Å². The van der Waals surface area contributed by atoms with Gasteiger partial charge in [-0.15, -0.1) is 0 Å². The van der Waals surface area contributed by atoms with E-state index in [-0.39, 0.29) is 5.97 Å². The van der Waals surface area contributed by atoms with Crippen LogP contribution in [-0.2, 0) is 22.4 Å². The number of nitrogens with one attached hydrogen (secondary N) is 1. The lowest BCUT2D eigenvalue weighted by Crippen LogP contribution is -2.22. The van der Waals surface area contributed by atoms with E-state index in [1.165, 1.54) is 41.0 Å². The van der Waals surface area contributed by atoms with Gasteiger partial charge >= 0.3 is 5.97 Å². The fourth-order valence-electron chi connectivity index (χ4n) is 3.69. The topological polar surface area (TPSA) is 38.3 Å². The molecule has 1 aliphatic rings.